The van der Waals surface area contributed by atoms with E-state index in [2.05, 4.69) is 36.2 Å². The zero-order valence-corrected chi connectivity index (χ0v) is 24.1. The predicted octanol–water partition coefficient (Wildman–Crippen LogP) is 5.64. The third-order valence-electron chi connectivity index (χ3n) is 8.07. The zero-order valence-electron chi connectivity index (χ0n) is 24.1. The van der Waals surface area contributed by atoms with Crippen molar-refractivity contribution in [1.82, 2.24) is 9.88 Å². The lowest BCUT2D eigenvalue weighted by Gasteiger charge is -2.40. The number of rotatable bonds is 9. The topological polar surface area (TPSA) is 84.0 Å². The average Bonchev–Trinajstić information content (AvgIpc) is 3.34. The maximum absolute atomic E-state index is 13.0. The van der Waals surface area contributed by atoms with E-state index in [9.17, 15) is 9.59 Å². The van der Waals surface area contributed by atoms with Crippen molar-refractivity contribution in [1.29, 1.82) is 0 Å². The van der Waals surface area contributed by atoms with Gasteiger partial charge in [-0.15, -0.1) is 0 Å². The Morgan fingerprint density at radius 3 is 2.49 bits per heavy atom. The average molecular weight is 517 g/mol. The van der Waals surface area contributed by atoms with Gasteiger partial charge in [-0.2, -0.15) is 0 Å². The molecule has 8 nitrogen and oxygen atoms in total. The van der Waals surface area contributed by atoms with Crippen molar-refractivity contribution in [2.24, 2.45) is 17.3 Å². The number of anilines is 2. The molecule has 1 aromatic rings. The molecule has 0 bridgehead atoms. The van der Waals surface area contributed by atoms with E-state index in [1.165, 1.54) is 12.8 Å². The number of likely N-dealkylation sites (tertiary alicyclic amines) is 1. The number of aromatic nitrogens is 1. The van der Waals surface area contributed by atoms with Crippen molar-refractivity contribution < 1.29 is 19.1 Å². The normalized spacial score (nSPS) is 20.5. The number of ether oxygens (including phenoxy) is 2. The minimum atomic E-state index is -0.608. The Labute approximate surface area is 223 Å². The van der Waals surface area contributed by atoms with E-state index in [0.717, 1.165) is 42.1 Å². The number of pyridine rings is 1. The van der Waals surface area contributed by atoms with Crippen molar-refractivity contribution in [3.63, 3.8) is 0 Å². The Morgan fingerprint density at radius 1 is 1.19 bits per heavy atom. The van der Waals surface area contributed by atoms with Crippen molar-refractivity contribution in [2.75, 3.05) is 49.5 Å². The van der Waals surface area contributed by atoms with E-state index in [-0.39, 0.29) is 12.1 Å². The largest absolute Gasteiger partial charge is 0.466 e. The molecule has 0 saturated carbocycles. The van der Waals surface area contributed by atoms with Crippen molar-refractivity contribution in [3.8, 4) is 0 Å². The van der Waals surface area contributed by atoms with E-state index in [0.29, 0.717) is 45.5 Å². The Hall–Kier alpha value is -2.51. The fourth-order valence-electron chi connectivity index (χ4n) is 5.42. The first-order valence-electron chi connectivity index (χ1n) is 14.1. The van der Waals surface area contributed by atoms with Crippen LogP contribution in [0.3, 0.4) is 0 Å². The molecule has 1 amide bonds. The summed E-state index contributed by atoms with van der Waals surface area (Å²) in [5, 5.41) is 3.51. The minimum absolute atomic E-state index is 0.171. The van der Waals surface area contributed by atoms with Crippen molar-refractivity contribution >= 4 is 23.6 Å². The molecular formula is C29H48N4O4. The number of amides is 1. The van der Waals surface area contributed by atoms with E-state index in [1.807, 2.05) is 34.6 Å². The molecule has 2 atom stereocenters. The number of piperidine rings is 1. The van der Waals surface area contributed by atoms with Gasteiger partial charge in [-0.25, -0.2) is 9.78 Å². The number of hydrogen-bond donors (Lipinski definition) is 1. The van der Waals surface area contributed by atoms with Crippen molar-refractivity contribution in [2.45, 2.75) is 86.2 Å². The van der Waals surface area contributed by atoms with Crippen LogP contribution in [0.1, 0.15) is 79.3 Å². The molecule has 208 valence electrons. The molecule has 37 heavy (non-hydrogen) atoms. The van der Waals surface area contributed by atoms with Crippen LogP contribution >= 0.6 is 0 Å². The number of aryl methyl sites for hydroxylation is 1. The lowest BCUT2D eigenvalue weighted by atomic mass is 9.75. The van der Waals surface area contributed by atoms with E-state index in [4.69, 9.17) is 14.5 Å². The van der Waals surface area contributed by atoms with Gasteiger partial charge in [0, 0.05) is 32.7 Å². The van der Waals surface area contributed by atoms with E-state index < -0.39 is 11.0 Å². The fraction of sp³-hybridized carbons (Fsp3) is 0.759. The summed E-state index contributed by atoms with van der Waals surface area (Å²) in [4.78, 5) is 34.5. The zero-order chi connectivity index (χ0) is 27.2. The SMILES string of the molecule is CCOC(=O)C1(CCNc2ccc(N3CCC(C(C)CC)C3)nc2C)CCN(C(=O)OC(C)(C)C)CC1. The molecule has 1 N–H and O–H groups in total. The Morgan fingerprint density at radius 2 is 1.89 bits per heavy atom. The maximum atomic E-state index is 13.0. The van der Waals surface area contributed by atoms with Crippen LogP contribution in [0.5, 0.6) is 0 Å². The van der Waals surface area contributed by atoms with Crippen LogP contribution in [-0.2, 0) is 14.3 Å². The molecule has 2 unspecified atom stereocenters. The molecule has 2 saturated heterocycles. The van der Waals surface area contributed by atoms with Crippen LogP contribution < -0.4 is 10.2 Å². The van der Waals surface area contributed by atoms with Crippen LogP contribution in [0.15, 0.2) is 12.1 Å². The van der Waals surface area contributed by atoms with E-state index in [1.54, 1.807) is 4.90 Å². The quantitative estimate of drug-likeness (QED) is 0.425. The molecule has 0 spiro atoms. The molecule has 0 aliphatic carbocycles. The number of esters is 1. The van der Waals surface area contributed by atoms with Crippen LogP contribution in [0, 0.1) is 24.2 Å². The first-order chi connectivity index (χ1) is 17.5. The minimum Gasteiger partial charge on any atom is -0.466 e. The molecule has 3 heterocycles. The van der Waals surface area contributed by atoms with Gasteiger partial charge in [0.05, 0.1) is 23.4 Å². The van der Waals surface area contributed by atoms with Gasteiger partial charge in [-0.1, -0.05) is 20.3 Å². The second-order valence-corrected chi connectivity index (χ2v) is 11.8. The summed E-state index contributed by atoms with van der Waals surface area (Å²) < 4.78 is 11.0. The lowest BCUT2D eigenvalue weighted by molar-refractivity contribution is -0.159. The second kappa shape index (κ2) is 12.4. The number of carbonyl (C=O) groups excluding carboxylic acids is 2. The summed E-state index contributed by atoms with van der Waals surface area (Å²) in [6, 6.07) is 4.21. The van der Waals surface area contributed by atoms with Gasteiger partial charge >= 0.3 is 12.1 Å². The molecule has 0 aromatic carbocycles. The highest BCUT2D eigenvalue weighted by molar-refractivity contribution is 5.78. The van der Waals surface area contributed by atoms with E-state index >= 15 is 0 Å². The van der Waals surface area contributed by atoms with Gasteiger partial charge in [0.2, 0.25) is 0 Å². The Kier molecular flexibility index (Phi) is 9.70. The predicted molar refractivity (Wildman–Crippen MR) is 148 cm³/mol. The third kappa shape index (κ3) is 7.51. The van der Waals surface area contributed by atoms with Crippen LogP contribution in [-0.4, -0.2) is 66.9 Å². The highest BCUT2D eigenvalue weighted by atomic mass is 16.6. The first-order valence-corrected chi connectivity index (χ1v) is 14.1. The number of carbonyl (C=O) groups is 2. The first kappa shape index (κ1) is 29.1. The molecule has 3 rings (SSSR count). The van der Waals surface area contributed by atoms with Gasteiger partial charge in [-0.05, 0) is 84.3 Å². The molecule has 2 aliphatic rings. The maximum Gasteiger partial charge on any atom is 0.410 e. The Bertz CT molecular complexity index is 921. The van der Waals surface area contributed by atoms with Gasteiger partial charge in [0.25, 0.3) is 0 Å². The molecular weight excluding hydrogens is 468 g/mol. The van der Waals surface area contributed by atoms with Gasteiger partial charge < -0.3 is 24.6 Å². The third-order valence-corrected chi connectivity index (χ3v) is 8.07. The highest BCUT2D eigenvalue weighted by Gasteiger charge is 2.43. The van der Waals surface area contributed by atoms with Crippen LogP contribution in [0.4, 0.5) is 16.3 Å². The monoisotopic (exact) mass is 516 g/mol. The number of nitrogens with zero attached hydrogens (tertiary/aromatic N) is 3. The second-order valence-electron chi connectivity index (χ2n) is 11.8. The van der Waals surface area contributed by atoms with Crippen LogP contribution in [0.2, 0.25) is 0 Å². The smallest absolute Gasteiger partial charge is 0.410 e. The Balaban J connectivity index is 1.58. The van der Waals surface area contributed by atoms with Crippen molar-refractivity contribution in [3.05, 3.63) is 17.8 Å². The van der Waals surface area contributed by atoms with Gasteiger partial charge in [-0.3, -0.25) is 4.79 Å². The molecule has 8 heteroatoms. The summed E-state index contributed by atoms with van der Waals surface area (Å²) in [5.41, 5.74) is 0.812. The van der Waals surface area contributed by atoms with Gasteiger partial charge in [0.15, 0.2) is 0 Å². The number of nitrogens with one attached hydrogen (secondary N) is 1. The standard InChI is InChI=1S/C29H48N4O4/c1-8-21(3)23-12-17-33(20-23)25-11-10-24(22(4)31-25)30-16-13-29(26(34)36-9-2)14-18-32(19-15-29)27(35)37-28(5,6)7/h10-11,21,23,30H,8-9,12-20H2,1-7H3. The fourth-order valence-corrected chi connectivity index (χ4v) is 5.42. The lowest BCUT2D eigenvalue weighted by Crippen LogP contribution is -2.49. The summed E-state index contributed by atoms with van der Waals surface area (Å²) in [6.07, 6.45) is 3.90. The van der Waals surface area contributed by atoms with Gasteiger partial charge in [0.1, 0.15) is 11.4 Å². The molecule has 1 aromatic heterocycles. The van der Waals surface area contributed by atoms with Crippen LogP contribution in [0.25, 0.3) is 0 Å². The summed E-state index contributed by atoms with van der Waals surface area (Å²) in [5.74, 6) is 2.36. The number of hydrogen-bond acceptors (Lipinski definition) is 7. The summed E-state index contributed by atoms with van der Waals surface area (Å²) in [7, 11) is 0. The summed E-state index contributed by atoms with van der Waals surface area (Å²) in [6.45, 7) is 18.2. The highest BCUT2D eigenvalue weighted by Crippen LogP contribution is 2.37. The molecule has 0 radical (unpaired) electrons. The molecule has 2 aliphatic heterocycles. The molecule has 2 fully saturated rings. The summed E-state index contributed by atoms with van der Waals surface area (Å²) >= 11 is 0.